The van der Waals surface area contributed by atoms with E-state index >= 15 is 0 Å². The Hall–Kier alpha value is -1.26. The third kappa shape index (κ3) is 4.04. The highest BCUT2D eigenvalue weighted by atomic mass is 31.2. The summed E-state index contributed by atoms with van der Waals surface area (Å²) in [5, 5.41) is 0.159. The molecule has 0 aliphatic rings. The summed E-state index contributed by atoms with van der Waals surface area (Å²) in [4.78, 5) is 20.4. The molecule has 8 heteroatoms. The van der Waals surface area contributed by atoms with Crippen molar-refractivity contribution in [3.8, 4) is 11.1 Å². The molecule has 2 aromatic carbocycles. The van der Waals surface area contributed by atoms with Crippen molar-refractivity contribution in [1.29, 1.82) is 0 Å². The smallest absolute Gasteiger partial charge is 0.321 e. The lowest BCUT2D eigenvalue weighted by Gasteiger charge is -2.19. The molecule has 24 heavy (non-hydrogen) atoms. The molecule has 2 N–H and O–H groups in total. The maximum Gasteiger partial charge on any atom is 0.359 e. The molecular formula is C16H20O6P2. The van der Waals surface area contributed by atoms with Crippen LogP contribution in [0.3, 0.4) is 0 Å². The van der Waals surface area contributed by atoms with Crippen LogP contribution in [0, 0.1) is 0 Å². The van der Waals surface area contributed by atoms with Crippen molar-refractivity contribution in [2.75, 3.05) is 13.2 Å². The molecule has 0 fully saturated rings. The van der Waals surface area contributed by atoms with Crippen LogP contribution in [-0.4, -0.2) is 23.0 Å². The van der Waals surface area contributed by atoms with Gasteiger partial charge in [-0.1, -0.05) is 36.4 Å². The molecule has 0 aliphatic carbocycles. The first-order valence-electron chi connectivity index (χ1n) is 7.47. The molecular weight excluding hydrogens is 350 g/mol. The third-order valence-corrected chi connectivity index (χ3v) is 6.53. The average Bonchev–Trinajstić information content (AvgIpc) is 2.55. The monoisotopic (exact) mass is 370 g/mol. The quantitative estimate of drug-likeness (QED) is 0.728. The molecule has 0 amide bonds. The van der Waals surface area contributed by atoms with E-state index in [0.717, 1.165) is 0 Å². The molecule has 0 bridgehead atoms. The largest absolute Gasteiger partial charge is 0.359 e. The van der Waals surface area contributed by atoms with Gasteiger partial charge in [0.25, 0.3) is 0 Å². The molecule has 0 radical (unpaired) electrons. The predicted molar refractivity (Wildman–Crippen MR) is 94.0 cm³/mol. The Morgan fingerprint density at radius 2 is 1.08 bits per heavy atom. The van der Waals surface area contributed by atoms with Crippen LogP contribution in [0.2, 0.25) is 0 Å². The normalized spacial score (nSPS) is 16.3. The van der Waals surface area contributed by atoms with Crippen LogP contribution in [-0.2, 0) is 18.2 Å². The fraction of sp³-hybridized carbons (Fsp3) is 0.250. The lowest BCUT2D eigenvalue weighted by Crippen LogP contribution is -2.16. The van der Waals surface area contributed by atoms with Gasteiger partial charge < -0.3 is 18.8 Å². The second-order valence-corrected chi connectivity index (χ2v) is 8.47. The van der Waals surface area contributed by atoms with Gasteiger partial charge in [-0.15, -0.1) is 0 Å². The van der Waals surface area contributed by atoms with Crippen LogP contribution in [0.25, 0.3) is 11.1 Å². The maximum atomic E-state index is 12.5. The van der Waals surface area contributed by atoms with E-state index in [4.69, 9.17) is 9.05 Å². The van der Waals surface area contributed by atoms with Crippen LogP contribution < -0.4 is 10.6 Å². The molecule has 0 spiro atoms. The number of hydrogen-bond donors (Lipinski definition) is 2. The minimum Gasteiger partial charge on any atom is -0.321 e. The molecule has 0 heterocycles. The van der Waals surface area contributed by atoms with Gasteiger partial charge >= 0.3 is 15.2 Å². The van der Waals surface area contributed by atoms with Crippen molar-refractivity contribution in [2.45, 2.75) is 13.8 Å². The summed E-state index contributed by atoms with van der Waals surface area (Å²) in [7, 11) is -8.10. The zero-order valence-electron chi connectivity index (χ0n) is 13.5. The van der Waals surface area contributed by atoms with Gasteiger partial charge in [0.1, 0.15) is 0 Å². The van der Waals surface area contributed by atoms with Gasteiger partial charge in [0, 0.05) is 0 Å². The molecule has 0 saturated heterocycles. The minimum absolute atomic E-state index is 0.0706. The van der Waals surface area contributed by atoms with Gasteiger partial charge in [-0.2, -0.15) is 0 Å². The van der Waals surface area contributed by atoms with Crippen LogP contribution in [0.1, 0.15) is 13.8 Å². The van der Waals surface area contributed by atoms with Crippen LogP contribution >= 0.6 is 15.2 Å². The fourth-order valence-electron chi connectivity index (χ4n) is 2.38. The van der Waals surface area contributed by atoms with E-state index in [9.17, 15) is 18.9 Å². The summed E-state index contributed by atoms with van der Waals surface area (Å²) in [5.74, 6) is 0. The molecule has 130 valence electrons. The zero-order valence-corrected chi connectivity index (χ0v) is 15.2. The summed E-state index contributed by atoms with van der Waals surface area (Å²) in [6.45, 7) is 3.38. The molecule has 2 atom stereocenters. The maximum absolute atomic E-state index is 12.5. The minimum atomic E-state index is -4.05. The van der Waals surface area contributed by atoms with Crippen molar-refractivity contribution in [2.24, 2.45) is 0 Å². The SMILES string of the molecule is CCOP(=O)(O)c1ccccc1-c1ccccc1P(=O)(O)OCC. The molecule has 6 nitrogen and oxygen atoms in total. The van der Waals surface area contributed by atoms with E-state index in [1.54, 1.807) is 50.2 Å². The van der Waals surface area contributed by atoms with Crippen molar-refractivity contribution in [3.63, 3.8) is 0 Å². The van der Waals surface area contributed by atoms with Crippen molar-refractivity contribution in [3.05, 3.63) is 48.5 Å². The van der Waals surface area contributed by atoms with Gasteiger partial charge in [0.15, 0.2) is 0 Å². The highest BCUT2D eigenvalue weighted by Gasteiger charge is 2.30. The summed E-state index contributed by atoms with van der Waals surface area (Å²) in [6.07, 6.45) is 0. The Labute approximate surface area is 141 Å². The van der Waals surface area contributed by atoms with Gasteiger partial charge in [0.2, 0.25) is 0 Å². The molecule has 0 saturated carbocycles. The standard InChI is InChI=1S/C16H20O6P2/c1-3-21-23(17,18)15-11-7-5-9-13(15)14-10-6-8-12-16(14)24(19,20)22-4-2/h5-12H,3-4H2,1-2H3,(H,17,18)(H,19,20). The van der Waals surface area contributed by atoms with E-state index in [-0.39, 0.29) is 23.8 Å². The molecule has 2 aromatic rings. The molecule has 0 aliphatic heterocycles. The predicted octanol–water partition coefficient (Wildman–Crippen LogP) is 3.05. The molecule has 2 unspecified atom stereocenters. The highest BCUT2D eigenvalue weighted by molar-refractivity contribution is 7.62. The van der Waals surface area contributed by atoms with Crippen LogP contribution in [0.4, 0.5) is 0 Å². The Morgan fingerprint density at radius 3 is 1.42 bits per heavy atom. The Bertz CT molecular complexity index is 737. The van der Waals surface area contributed by atoms with Gasteiger partial charge in [-0.3, -0.25) is 9.13 Å². The van der Waals surface area contributed by atoms with Crippen molar-refractivity contribution < 1.29 is 28.0 Å². The van der Waals surface area contributed by atoms with Gasteiger partial charge in [-0.25, -0.2) is 0 Å². The third-order valence-electron chi connectivity index (χ3n) is 3.32. The first kappa shape index (κ1) is 19.1. The summed E-state index contributed by atoms with van der Waals surface area (Å²) < 4.78 is 34.9. The fourth-order valence-corrected chi connectivity index (χ4v) is 4.91. The van der Waals surface area contributed by atoms with Crippen molar-refractivity contribution in [1.82, 2.24) is 0 Å². The second kappa shape index (κ2) is 7.75. The summed E-state index contributed by atoms with van der Waals surface area (Å²) >= 11 is 0. The topological polar surface area (TPSA) is 93.1 Å². The average molecular weight is 370 g/mol. The van der Waals surface area contributed by atoms with E-state index in [2.05, 4.69) is 0 Å². The number of benzene rings is 2. The highest BCUT2D eigenvalue weighted by Crippen LogP contribution is 2.47. The zero-order chi connectivity index (χ0) is 17.8. The van der Waals surface area contributed by atoms with Crippen molar-refractivity contribution >= 4 is 25.8 Å². The van der Waals surface area contributed by atoms with E-state index in [1.165, 1.54) is 12.1 Å². The lowest BCUT2D eigenvalue weighted by atomic mass is 10.1. The van der Waals surface area contributed by atoms with Gasteiger partial charge in [0.05, 0.1) is 23.8 Å². The first-order chi connectivity index (χ1) is 11.3. The van der Waals surface area contributed by atoms with Gasteiger partial charge in [-0.05, 0) is 37.1 Å². The Kier molecular flexibility index (Phi) is 6.16. The van der Waals surface area contributed by atoms with E-state index in [1.807, 2.05) is 0 Å². The Balaban J connectivity index is 2.68. The van der Waals surface area contributed by atoms with E-state index in [0.29, 0.717) is 11.1 Å². The van der Waals surface area contributed by atoms with Crippen LogP contribution in [0.15, 0.2) is 48.5 Å². The lowest BCUT2D eigenvalue weighted by molar-refractivity contribution is 0.282. The number of hydrogen-bond acceptors (Lipinski definition) is 4. The summed E-state index contributed by atoms with van der Waals surface area (Å²) in [5.41, 5.74) is 0.725. The Morgan fingerprint density at radius 1 is 0.750 bits per heavy atom. The molecule has 0 aromatic heterocycles. The van der Waals surface area contributed by atoms with Crippen LogP contribution in [0.5, 0.6) is 0 Å². The summed E-state index contributed by atoms with van der Waals surface area (Å²) in [6, 6.07) is 12.8. The first-order valence-corrected chi connectivity index (χ1v) is 10.6. The number of rotatable bonds is 7. The van der Waals surface area contributed by atoms with E-state index < -0.39 is 15.2 Å². The molecule has 2 rings (SSSR count). The second-order valence-electron chi connectivity index (χ2n) is 4.91.